The predicted octanol–water partition coefficient (Wildman–Crippen LogP) is 3.16. The molecule has 1 aliphatic heterocycles. The summed E-state index contributed by atoms with van der Waals surface area (Å²) < 4.78 is 0. The molecule has 18 heavy (non-hydrogen) atoms. The summed E-state index contributed by atoms with van der Waals surface area (Å²) in [6, 6.07) is 1.41. The second kappa shape index (κ2) is 5.92. The van der Waals surface area contributed by atoms with E-state index in [0.717, 1.165) is 17.9 Å². The lowest BCUT2D eigenvalue weighted by molar-refractivity contribution is 0.0396. The lowest BCUT2D eigenvalue weighted by Crippen LogP contribution is -2.51. The molecule has 2 N–H and O–H groups in total. The SMILES string of the molecule is NC1CCCCC1CN1CCCC2CCCCC21. The normalized spacial score (nSPS) is 42.5. The van der Waals surface area contributed by atoms with Crippen LogP contribution in [0.4, 0.5) is 0 Å². The summed E-state index contributed by atoms with van der Waals surface area (Å²) in [5.74, 6) is 1.81. The molecule has 2 heteroatoms. The molecule has 1 saturated heterocycles. The second-order valence-corrected chi connectivity index (χ2v) is 6.96. The van der Waals surface area contributed by atoms with Crippen molar-refractivity contribution in [3.05, 3.63) is 0 Å². The van der Waals surface area contributed by atoms with Gasteiger partial charge in [0.25, 0.3) is 0 Å². The Hall–Kier alpha value is -0.0800. The van der Waals surface area contributed by atoms with Gasteiger partial charge in [-0.3, -0.25) is 4.90 Å². The van der Waals surface area contributed by atoms with Crippen LogP contribution in [0.3, 0.4) is 0 Å². The zero-order chi connectivity index (χ0) is 12.4. The van der Waals surface area contributed by atoms with Crippen LogP contribution >= 0.6 is 0 Å². The molecule has 2 nitrogen and oxygen atoms in total. The zero-order valence-corrected chi connectivity index (χ0v) is 11.8. The highest BCUT2D eigenvalue weighted by Gasteiger charge is 2.35. The number of hydrogen-bond donors (Lipinski definition) is 1. The number of likely N-dealkylation sites (tertiary alicyclic amines) is 1. The highest BCUT2D eigenvalue weighted by atomic mass is 15.2. The van der Waals surface area contributed by atoms with Crippen LogP contribution in [0, 0.1) is 11.8 Å². The minimum atomic E-state index is 0.489. The number of rotatable bonds is 2. The van der Waals surface area contributed by atoms with Crippen LogP contribution in [0.2, 0.25) is 0 Å². The highest BCUT2D eigenvalue weighted by Crippen LogP contribution is 2.36. The molecule has 3 rings (SSSR count). The van der Waals surface area contributed by atoms with Crippen LogP contribution in [0.25, 0.3) is 0 Å². The summed E-state index contributed by atoms with van der Waals surface area (Å²) in [7, 11) is 0. The molecule has 104 valence electrons. The minimum Gasteiger partial charge on any atom is -0.327 e. The van der Waals surface area contributed by atoms with Gasteiger partial charge in [-0.25, -0.2) is 0 Å². The molecular weight excluding hydrogens is 220 g/mol. The average Bonchev–Trinajstić information content (AvgIpc) is 2.42. The van der Waals surface area contributed by atoms with Gasteiger partial charge in [0, 0.05) is 18.6 Å². The highest BCUT2D eigenvalue weighted by molar-refractivity contribution is 4.90. The van der Waals surface area contributed by atoms with E-state index in [-0.39, 0.29) is 0 Å². The third-order valence-corrected chi connectivity index (χ3v) is 5.80. The smallest absolute Gasteiger partial charge is 0.0124 e. The molecule has 0 bridgehead atoms. The van der Waals surface area contributed by atoms with Gasteiger partial charge in [-0.1, -0.05) is 25.7 Å². The molecule has 2 aliphatic carbocycles. The van der Waals surface area contributed by atoms with Crippen molar-refractivity contribution in [3.63, 3.8) is 0 Å². The second-order valence-electron chi connectivity index (χ2n) is 6.96. The number of nitrogens with zero attached hydrogens (tertiary/aromatic N) is 1. The number of hydrogen-bond acceptors (Lipinski definition) is 2. The molecule has 4 unspecified atom stereocenters. The van der Waals surface area contributed by atoms with E-state index in [1.54, 1.807) is 0 Å². The van der Waals surface area contributed by atoms with Gasteiger partial charge in [0.2, 0.25) is 0 Å². The van der Waals surface area contributed by atoms with Crippen molar-refractivity contribution in [2.45, 2.75) is 76.3 Å². The standard InChI is InChI=1S/C16H30N2/c17-15-9-3-1-7-14(15)12-18-11-5-8-13-6-2-4-10-16(13)18/h13-16H,1-12,17H2. The average molecular weight is 250 g/mol. The molecule has 0 aromatic carbocycles. The first-order chi connectivity index (χ1) is 8.84. The third kappa shape index (κ3) is 2.75. The fourth-order valence-corrected chi connectivity index (χ4v) is 4.72. The number of piperidine rings is 1. The largest absolute Gasteiger partial charge is 0.327 e. The first-order valence-corrected chi connectivity index (χ1v) is 8.34. The van der Waals surface area contributed by atoms with Gasteiger partial charge in [-0.05, 0) is 56.9 Å². The van der Waals surface area contributed by atoms with Crippen molar-refractivity contribution in [1.82, 2.24) is 4.90 Å². The van der Waals surface area contributed by atoms with Crippen LogP contribution in [0.1, 0.15) is 64.2 Å². The van der Waals surface area contributed by atoms with Crippen LogP contribution in [-0.4, -0.2) is 30.1 Å². The van der Waals surface area contributed by atoms with E-state index in [1.165, 1.54) is 77.3 Å². The molecule has 0 radical (unpaired) electrons. The van der Waals surface area contributed by atoms with Crippen molar-refractivity contribution in [1.29, 1.82) is 0 Å². The lowest BCUT2D eigenvalue weighted by atomic mass is 9.77. The molecule has 3 fully saturated rings. The zero-order valence-electron chi connectivity index (χ0n) is 11.8. The Bertz CT molecular complexity index is 264. The maximum atomic E-state index is 6.34. The van der Waals surface area contributed by atoms with Crippen molar-refractivity contribution in [2.24, 2.45) is 17.6 Å². The molecular formula is C16H30N2. The summed E-state index contributed by atoms with van der Waals surface area (Å²) >= 11 is 0. The summed E-state index contributed by atoms with van der Waals surface area (Å²) in [6.45, 7) is 2.66. The summed E-state index contributed by atoms with van der Waals surface area (Å²) in [5, 5.41) is 0. The Morgan fingerprint density at radius 2 is 1.56 bits per heavy atom. The van der Waals surface area contributed by atoms with Gasteiger partial charge in [-0.2, -0.15) is 0 Å². The molecule has 0 aromatic rings. The van der Waals surface area contributed by atoms with E-state index in [0.29, 0.717) is 6.04 Å². The van der Waals surface area contributed by atoms with E-state index < -0.39 is 0 Å². The Morgan fingerprint density at radius 1 is 0.833 bits per heavy atom. The predicted molar refractivity (Wildman–Crippen MR) is 76.5 cm³/mol. The Morgan fingerprint density at radius 3 is 2.44 bits per heavy atom. The van der Waals surface area contributed by atoms with Crippen LogP contribution < -0.4 is 5.73 Å². The fourth-order valence-electron chi connectivity index (χ4n) is 4.72. The molecule has 0 spiro atoms. The van der Waals surface area contributed by atoms with E-state index in [4.69, 9.17) is 5.73 Å². The van der Waals surface area contributed by atoms with E-state index in [1.807, 2.05) is 0 Å². The maximum Gasteiger partial charge on any atom is 0.0124 e. The minimum absolute atomic E-state index is 0.489. The Kier molecular flexibility index (Phi) is 4.25. The van der Waals surface area contributed by atoms with E-state index >= 15 is 0 Å². The van der Waals surface area contributed by atoms with Crippen LogP contribution in [0.5, 0.6) is 0 Å². The van der Waals surface area contributed by atoms with Crippen molar-refractivity contribution >= 4 is 0 Å². The summed E-state index contributed by atoms with van der Waals surface area (Å²) in [6.07, 6.45) is 14.3. The van der Waals surface area contributed by atoms with Crippen LogP contribution in [-0.2, 0) is 0 Å². The molecule has 4 atom stereocenters. The van der Waals surface area contributed by atoms with Crippen molar-refractivity contribution < 1.29 is 0 Å². The molecule has 1 heterocycles. The topological polar surface area (TPSA) is 29.3 Å². The van der Waals surface area contributed by atoms with Crippen LogP contribution in [0.15, 0.2) is 0 Å². The first kappa shape index (κ1) is 12.9. The molecule has 0 amide bonds. The van der Waals surface area contributed by atoms with Crippen molar-refractivity contribution in [3.8, 4) is 0 Å². The Balaban J connectivity index is 1.60. The molecule has 2 saturated carbocycles. The molecule has 0 aromatic heterocycles. The van der Waals surface area contributed by atoms with Gasteiger partial charge < -0.3 is 5.73 Å². The van der Waals surface area contributed by atoms with Gasteiger partial charge in [0.15, 0.2) is 0 Å². The van der Waals surface area contributed by atoms with Gasteiger partial charge >= 0.3 is 0 Å². The molecule has 3 aliphatic rings. The fraction of sp³-hybridized carbons (Fsp3) is 1.00. The monoisotopic (exact) mass is 250 g/mol. The number of fused-ring (bicyclic) bond motifs is 1. The van der Waals surface area contributed by atoms with Crippen molar-refractivity contribution in [2.75, 3.05) is 13.1 Å². The summed E-state index contributed by atoms with van der Waals surface area (Å²) in [4.78, 5) is 2.84. The third-order valence-electron chi connectivity index (χ3n) is 5.80. The number of nitrogens with two attached hydrogens (primary N) is 1. The quantitative estimate of drug-likeness (QED) is 0.815. The maximum absolute atomic E-state index is 6.34. The van der Waals surface area contributed by atoms with E-state index in [2.05, 4.69) is 4.90 Å². The Labute approximate surface area is 112 Å². The summed E-state index contributed by atoms with van der Waals surface area (Å²) in [5.41, 5.74) is 6.34. The lowest BCUT2D eigenvalue weighted by Gasteiger charge is -2.46. The van der Waals surface area contributed by atoms with Gasteiger partial charge in [0.05, 0.1) is 0 Å². The first-order valence-electron chi connectivity index (χ1n) is 8.34. The van der Waals surface area contributed by atoms with E-state index in [9.17, 15) is 0 Å². The van der Waals surface area contributed by atoms with Gasteiger partial charge in [0.1, 0.15) is 0 Å². The van der Waals surface area contributed by atoms with Gasteiger partial charge in [-0.15, -0.1) is 0 Å².